The van der Waals surface area contributed by atoms with Gasteiger partial charge in [0.25, 0.3) is 5.91 Å². The van der Waals surface area contributed by atoms with Gasteiger partial charge in [0.2, 0.25) is 0 Å². The number of hydrogen-bond donors (Lipinski definition) is 1. The van der Waals surface area contributed by atoms with Gasteiger partial charge in [0.1, 0.15) is 17.2 Å². The number of rotatable bonds is 8. The second-order valence-electron chi connectivity index (χ2n) is 7.54. The van der Waals surface area contributed by atoms with Crippen molar-refractivity contribution in [2.24, 2.45) is 0 Å². The van der Waals surface area contributed by atoms with Gasteiger partial charge in [-0.3, -0.25) is 4.79 Å². The Morgan fingerprint density at radius 1 is 0.939 bits per heavy atom. The van der Waals surface area contributed by atoms with E-state index < -0.39 is 0 Å². The molecule has 170 valence electrons. The van der Waals surface area contributed by atoms with E-state index in [4.69, 9.17) is 23.6 Å². The lowest BCUT2D eigenvalue weighted by Gasteiger charge is -2.13. The zero-order chi connectivity index (χ0) is 23.4. The van der Waals surface area contributed by atoms with Gasteiger partial charge in [-0.1, -0.05) is 12.1 Å². The second-order valence-corrected chi connectivity index (χ2v) is 7.54. The summed E-state index contributed by atoms with van der Waals surface area (Å²) < 4.78 is 21.8. The smallest absolute Gasteiger partial charge is 0.252 e. The van der Waals surface area contributed by atoms with Gasteiger partial charge in [-0.25, -0.2) is 4.98 Å². The van der Waals surface area contributed by atoms with Crippen molar-refractivity contribution >= 4 is 16.8 Å². The number of amides is 1. The van der Waals surface area contributed by atoms with E-state index in [1.54, 1.807) is 39.5 Å². The lowest BCUT2D eigenvalue weighted by atomic mass is 10.0. The number of hydrogen-bond acceptors (Lipinski definition) is 6. The molecule has 0 radical (unpaired) electrons. The van der Waals surface area contributed by atoms with Gasteiger partial charge in [-0.05, 0) is 55.3 Å². The molecule has 0 unspecified atom stereocenters. The minimum Gasteiger partial charge on any atom is -0.497 e. The maximum absolute atomic E-state index is 13.2. The van der Waals surface area contributed by atoms with Crippen LogP contribution in [0.2, 0.25) is 0 Å². The van der Waals surface area contributed by atoms with Crippen LogP contribution in [-0.2, 0) is 6.42 Å². The number of nitrogens with zero attached hydrogens (tertiary/aromatic N) is 1. The van der Waals surface area contributed by atoms with Crippen molar-refractivity contribution in [1.82, 2.24) is 10.3 Å². The molecule has 4 aromatic rings. The van der Waals surface area contributed by atoms with E-state index in [9.17, 15) is 4.79 Å². The van der Waals surface area contributed by atoms with Crippen molar-refractivity contribution in [1.29, 1.82) is 0 Å². The number of carbonyl (C=O) groups excluding carboxylic acids is 1. The second kappa shape index (κ2) is 9.65. The van der Waals surface area contributed by atoms with E-state index in [1.165, 1.54) is 0 Å². The zero-order valence-corrected chi connectivity index (χ0v) is 19.1. The Labute approximate surface area is 192 Å². The van der Waals surface area contributed by atoms with Crippen LogP contribution in [0, 0.1) is 6.92 Å². The molecule has 0 fully saturated rings. The Morgan fingerprint density at radius 3 is 2.30 bits per heavy atom. The molecule has 1 amide bonds. The summed E-state index contributed by atoms with van der Waals surface area (Å²) in [6, 6.07) is 16.8. The largest absolute Gasteiger partial charge is 0.497 e. The van der Waals surface area contributed by atoms with E-state index in [1.807, 2.05) is 43.3 Å². The van der Waals surface area contributed by atoms with Gasteiger partial charge in [0.05, 0.1) is 32.4 Å². The highest BCUT2D eigenvalue weighted by molar-refractivity contribution is 6.07. The Hall–Kier alpha value is -4.00. The van der Waals surface area contributed by atoms with Gasteiger partial charge >= 0.3 is 0 Å². The van der Waals surface area contributed by atoms with Crippen LogP contribution >= 0.6 is 0 Å². The average molecular weight is 447 g/mol. The van der Waals surface area contributed by atoms with E-state index >= 15 is 0 Å². The molecule has 7 nitrogen and oxygen atoms in total. The van der Waals surface area contributed by atoms with Crippen LogP contribution < -0.4 is 19.5 Å². The topological polar surface area (TPSA) is 82.8 Å². The SMILES string of the molecule is COc1ccc(CCNC(=O)c2cc(-c3ccc(C)o3)nc3cc(OC)c(OC)cc23)cc1. The third-order valence-electron chi connectivity index (χ3n) is 5.41. The Bertz CT molecular complexity index is 1280. The van der Waals surface area contributed by atoms with E-state index in [-0.39, 0.29) is 5.91 Å². The van der Waals surface area contributed by atoms with Gasteiger partial charge in [0.15, 0.2) is 17.3 Å². The molecular weight excluding hydrogens is 420 g/mol. The molecule has 0 aliphatic carbocycles. The summed E-state index contributed by atoms with van der Waals surface area (Å²) in [6.07, 6.45) is 0.695. The first-order valence-corrected chi connectivity index (χ1v) is 10.6. The molecule has 0 aliphatic rings. The lowest BCUT2D eigenvalue weighted by molar-refractivity contribution is 0.0955. The third kappa shape index (κ3) is 4.77. The summed E-state index contributed by atoms with van der Waals surface area (Å²) in [5.41, 5.74) is 2.77. The number of aromatic nitrogens is 1. The molecule has 0 atom stereocenters. The third-order valence-corrected chi connectivity index (χ3v) is 5.41. The summed E-state index contributed by atoms with van der Waals surface area (Å²) in [5, 5.41) is 3.69. The van der Waals surface area contributed by atoms with Crippen LogP contribution in [0.4, 0.5) is 0 Å². The van der Waals surface area contributed by atoms with Crippen LogP contribution in [0.15, 0.2) is 59.0 Å². The molecule has 0 spiro atoms. The summed E-state index contributed by atoms with van der Waals surface area (Å²) in [7, 11) is 4.76. The fourth-order valence-corrected chi connectivity index (χ4v) is 3.65. The number of carbonyl (C=O) groups is 1. The molecule has 0 bridgehead atoms. The first kappa shape index (κ1) is 22.2. The van der Waals surface area contributed by atoms with Crippen molar-refractivity contribution < 1.29 is 23.4 Å². The molecule has 2 aromatic carbocycles. The number of aryl methyl sites for hydroxylation is 1. The maximum Gasteiger partial charge on any atom is 0.252 e. The van der Waals surface area contributed by atoms with Crippen LogP contribution in [0.5, 0.6) is 17.2 Å². The fourth-order valence-electron chi connectivity index (χ4n) is 3.65. The number of pyridine rings is 1. The van der Waals surface area contributed by atoms with Crippen molar-refractivity contribution in [3.8, 4) is 28.7 Å². The van der Waals surface area contributed by atoms with Crippen LogP contribution in [0.3, 0.4) is 0 Å². The molecule has 0 aliphatic heterocycles. The molecule has 2 heterocycles. The number of furan rings is 1. The predicted molar refractivity (Wildman–Crippen MR) is 126 cm³/mol. The minimum absolute atomic E-state index is 0.201. The molecule has 0 saturated heterocycles. The monoisotopic (exact) mass is 446 g/mol. The number of methoxy groups -OCH3 is 3. The van der Waals surface area contributed by atoms with Crippen molar-refractivity contribution in [2.45, 2.75) is 13.3 Å². The Kier molecular flexibility index (Phi) is 6.49. The normalized spacial score (nSPS) is 10.8. The number of fused-ring (bicyclic) bond motifs is 1. The van der Waals surface area contributed by atoms with Crippen molar-refractivity contribution in [3.63, 3.8) is 0 Å². The van der Waals surface area contributed by atoms with Crippen LogP contribution in [0.25, 0.3) is 22.4 Å². The van der Waals surface area contributed by atoms with E-state index in [0.29, 0.717) is 52.4 Å². The highest BCUT2D eigenvalue weighted by atomic mass is 16.5. The average Bonchev–Trinajstić information content (AvgIpc) is 3.29. The highest BCUT2D eigenvalue weighted by Crippen LogP contribution is 2.35. The van der Waals surface area contributed by atoms with Gasteiger partial charge in [-0.15, -0.1) is 0 Å². The van der Waals surface area contributed by atoms with E-state index in [0.717, 1.165) is 17.1 Å². The van der Waals surface area contributed by atoms with Gasteiger partial charge in [0, 0.05) is 18.0 Å². The highest BCUT2D eigenvalue weighted by Gasteiger charge is 2.18. The minimum atomic E-state index is -0.201. The Balaban J connectivity index is 1.66. The standard InChI is InChI=1S/C26H26N2O5/c1-16-5-10-23(33-16)22-13-20(19-14-24(31-3)25(32-4)15-21(19)28-22)26(29)27-12-11-17-6-8-18(30-2)9-7-17/h5-10,13-15H,11-12H2,1-4H3,(H,27,29). The Morgan fingerprint density at radius 2 is 1.67 bits per heavy atom. The number of nitrogens with one attached hydrogen (secondary N) is 1. The number of benzene rings is 2. The summed E-state index contributed by atoms with van der Waals surface area (Å²) in [4.78, 5) is 17.9. The first-order chi connectivity index (χ1) is 16.0. The van der Waals surface area contributed by atoms with Crippen molar-refractivity contribution in [2.75, 3.05) is 27.9 Å². The van der Waals surface area contributed by atoms with Gasteiger partial charge in [-0.2, -0.15) is 0 Å². The number of ether oxygens (including phenoxy) is 3. The molecular formula is C26H26N2O5. The lowest BCUT2D eigenvalue weighted by Crippen LogP contribution is -2.26. The van der Waals surface area contributed by atoms with E-state index in [2.05, 4.69) is 5.32 Å². The summed E-state index contributed by atoms with van der Waals surface area (Å²) in [6.45, 7) is 2.35. The summed E-state index contributed by atoms with van der Waals surface area (Å²) in [5.74, 6) is 3.03. The van der Waals surface area contributed by atoms with Crippen molar-refractivity contribution in [3.05, 3.63) is 71.5 Å². The fraction of sp³-hybridized carbons (Fsp3) is 0.231. The summed E-state index contributed by atoms with van der Waals surface area (Å²) >= 11 is 0. The zero-order valence-electron chi connectivity index (χ0n) is 19.1. The van der Waals surface area contributed by atoms with Crippen LogP contribution in [0.1, 0.15) is 21.7 Å². The molecule has 33 heavy (non-hydrogen) atoms. The molecule has 1 N–H and O–H groups in total. The quantitative estimate of drug-likeness (QED) is 0.419. The molecule has 2 aromatic heterocycles. The molecule has 4 rings (SSSR count). The van der Waals surface area contributed by atoms with Gasteiger partial charge < -0.3 is 23.9 Å². The first-order valence-electron chi connectivity index (χ1n) is 10.6. The molecule has 0 saturated carbocycles. The van der Waals surface area contributed by atoms with Crippen LogP contribution in [-0.4, -0.2) is 38.8 Å². The predicted octanol–water partition coefficient (Wildman–Crippen LogP) is 4.80. The maximum atomic E-state index is 13.2. The molecule has 7 heteroatoms.